The summed E-state index contributed by atoms with van der Waals surface area (Å²) in [5.41, 5.74) is 1.80. The van der Waals surface area contributed by atoms with Crippen LogP contribution in [-0.2, 0) is 9.59 Å². The van der Waals surface area contributed by atoms with Gasteiger partial charge < -0.3 is 14.6 Å². The summed E-state index contributed by atoms with van der Waals surface area (Å²) in [6.45, 7) is 0. The molecule has 0 spiro atoms. The van der Waals surface area contributed by atoms with Crippen LogP contribution in [-0.4, -0.2) is 29.8 Å². The molecule has 0 aliphatic heterocycles. The zero-order valence-electron chi connectivity index (χ0n) is 17.9. The van der Waals surface area contributed by atoms with Crippen molar-refractivity contribution >= 4 is 29.7 Å². The second-order valence-corrected chi connectivity index (χ2v) is 7.03. The summed E-state index contributed by atoms with van der Waals surface area (Å²) in [6, 6.07) is 19.8. The van der Waals surface area contributed by atoms with Crippen molar-refractivity contribution in [2.24, 2.45) is 0 Å². The summed E-state index contributed by atoms with van der Waals surface area (Å²) < 4.78 is 10.7. The van der Waals surface area contributed by atoms with Gasteiger partial charge in [-0.1, -0.05) is 48.6 Å². The maximum atomic E-state index is 12.3. The molecule has 6 nitrogen and oxygen atoms in total. The predicted molar refractivity (Wildman–Crippen MR) is 125 cm³/mol. The Morgan fingerprint density at radius 3 is 2.03 bits per heavy atom. The van der Waals surface area contributed by atoms with Gasteiger partial charge in [0.15, 0.2) is 23.1 Å². The number of aromatic hydroxyl groups is 1. The summed E-state index contributed by atoms with van der Waals surface area (Å²) in [5, 5.41) is 9.27. The molecule has 0 aliphatic rings. The lowest BCUT2D eigenvalue weighted by atomic mass is 10.1. The lowest BCUT2D eigenvalue weighted by Gasteiger charge is -2.10. The van der Waals surface area contributed by atoms with Crippen LogP contribution in [0, 0.1) is 0 Å². The Morgan fingerprint density at radius 1 is 0.788 bits per heavy atom. The summed E-state index contributed by atoms with van der Waals surface area (Å²) in [4.78, 5) is 36.4. The number of carbonyl (C=O) groups excluding carboxylic acids is 3. The second-order valence-electron chi connectivity index (χ2n) is 7.03. The van der Waals surface area contributed by atoms with Crippen molar-refractivity contribution in [3.05, 3.63) is 102 Å². The molecule has 1 N–H and O–H groups in total. The Kier molecular flexibility index (Phi) is 7.91. The van der Waals surface area contributed by atoms with Crippen molar-refractivity contribution in [1.29, 1.82) is 0 Å². The Bertz CT molecular complexity index is 1190. The van der Waals surface area contributed by atoms with Gasteiger partial charge in [0.25, 0.3) is 0 Å². The number of allylic oxidation sites excluding steroid dienone is 2. The number of phenolic OH excluding ortho intramolecular Hbond substituents is 1. The number of ketones is 2. The molecule has 0 unspecified atom stereocenters. The van der Waals surface area contributed by atoms with E-state index >= 15 is 0 Å². The first-order valence-corrected chi connectivity index (χ1v) is 10.1. The lowest BCUT2D eigenvalue weighted by Crippen LogP contribution is -2.09. The van der Waals surface area contributed by atoms with Crippen molar-refractivity contribution in [1.82, 2.24) is 0 Å². The Balaban J connectivity index is 1.59. The zero-order chi connectivity index (χ0) is 23.6. The van der Waals surface area contributed by atoms with Gasteiger partial charge in [-0.3, -0.25) is 9.59 Å². The molecule has 0 aromatic heterocycles. The molecule has 0 saturated heterocycles. The van der Waals surface area contributed by atoms with E-state index < -0.39 is 5.97 Å². The van der Waals surface area contributed by atoms with E-state index in [1.54, 1.807) is 72.8 Å². The number of rotatable bonds is 9. The number of esters is 1. The maximum absolute atomic E-state index is 12.3. The molecule has 0 atom stereocenters. The molecule has 6 heteroatoms. The number of methoxy groups -OCH3 is 1. The highest BCUT2D eigenvalue weighted by molar-refractivity contribution is 6.10. The van der Waals surface area contributed by atoms with E-state index in [-0.39, 0.29) is 29.5 Å². The highest BCUT2D eigenvalue weighted by Crippen LogP contribution is 2.29. The van der Waals surface area contributed by atoms with Crippen LogP contribution < -0.4 is 9.47 Å². The van der Waals surface area contributed by atoms with Crippen LogP contribution in [0.1, 0.15) is 27.9 Å². The smallest absolute Gasteiger partial charge is 0.343 e. The number of carbonyl (C=O) groups is 3. The van der Waals surface area contributed by atoms with Crippen LogP contribution in [0.5, 0.6) is 17.2 Å². The molecule has 0 radical (unpaired) electrons. The molecule has 0 amide bonds. The molecule has 3 rings (SSSR count). The number of ether oxygens (including phenoxy) is 2. The molecule has 0 fully saturated rings. The summed E-state index contributed by atoms with van der Waals surface area (Å²) in [5.74, 6) is -0.470. The summed E-state index contributed by atoms with van der Waals surface area (Å²) >= 11 is 0. The highest BCUT2D eigenvalue weighted by atomic mass is 16.6. The molecule has 0 bridgehead atoms. The fraction of sp³-hybridized carbons (Fsp3) is 0.0741. The van der Waals surface area contributed by atoms with Crippen molar-refractivity contribution in [2.75, 3.05) is 7.11 Å². The minimum Gasteiger partial charge on any atom is -0.508 e. The first-order chi connectivity index (χ1) is 15.9. The largest absolute Gasteiger partial charge is 0.508 e. The van der Waals surface area contributed by atoms with Gasteiger partial charge in [-0.25, -0.2) is 4.79 Å². The van der Waals surface area contributed by atoms with Crippen molar-refractivity contribution in [3.8, 4) is 17.2 Å². The molecule has 3 aromatic carbocycles. The Hall–Kier alpha value is -4.45. The van der Waals surface area contributed by atoms with Gasteiger partial charge >= 0.3 is 5.97 Å². The second kappa shape index (κ2) is 11.2. The summed E-state index contributed by atoms with van der Waals surface area (Å²) in [6.07, 6.45) is 5.52. The fourth-order valence-corrected chi connectivity index (χ4v) is 2.86. The highest BCUT2D eigenvalue weighted by Gasteiger charge is 2.12. The van der Waals surface area contributed by atoms with Crippen LogP contribution >= 0.6 is 0 Å². The third kappa shape index (κ3) is 7.04. The van der Waals surface area contributed by atoms with E-state index in [0.29, 0.717) is 16.9 Å². The standard InChI is InChI=1S/C27H22O6/c1-32-26-17-20(11-16-25(26)33-27(31)21-5-3-2-4-6-21)10-15-24(30)18-23(29)14-9-19-7-12-22(28)13-8-19/h2-17,28H,18H2,1H3/b14-9+,15-10+. The van der Waals surface area contributed by atoms with Gasteiger partial charge in [0.05, 0.1) is 19.1 Å². The zero-order valence-corrected chi connectivity index (χ0v) is 17.9. The first-order valence-electron chi connectivity index (χ1n) is 10.1. The Morgan fingerprint density at radius 2 is 1.39 bits per heavy atom. The number of hydrogen-bond acceptors (Lipinski definition) is 6. The van der Waals surface area contributed by atoms with Gasteiger partial charge in [0.2, 0.25) is 0 Å². The SMILES string of the molecule is COc1cc(/C=C/C(=O)CC(=O)/C=C/c2ccc(O)cc2)ccc1OC(=O)c1ccccc1. The van der Waals surface area contributed by atoms with E-state index in [1.807, 2.05) is 0 Å². The molecule has 0 aliphatic carbocycles. The number of phenols is 1. The normalized spacial score (nSPS) is 10.9. The fourth-order valence-electron chi connectivity index (χ4n) is 2.86. The van der Waals surface area contributed by atoms with Crippen molar-refractivity contribution < 1.29 is 29.0 Å². The topological polar surface area (TPSA) is 89.9 Å². The third-order valence-electron chi connectivity index (χ3n) is 4.56. The van der Waals surface area contributed by atoms with Crippen LogP contribution in [0.3, 0.4) is 0 Å². The van der Waals surface area contributed by atoms with E-state index in [9.17, 15) is 19.5 Å². The minimum atomic E-state index is -0.508. The molecular weight excluding hydrogens is 420 g/mol. The predicted octanol–water partition coefficient (Wildman–Crippen LogP) is 4.87. The molecule has 0 heterocycles. The first kappa shape index (κ1) is 23.2. The van der Waals surface area contributed by atoms with E-state index in [4.69, 9.17) is 9.47 Å². The van der Waals surface area contributed by atoms with Crippen LogP contribution in [0.4, 0.5) is 0 Å². The quantitative estimate of drug-likeness (QED) is 0.220. The van der Waals surface area contributed by atoms with Crippen LogP contribution in [0.15, 0.2) is 84.9 Å². The molecular formula is C27H22O6. The van der Waals surface area contributed by atoms with Crippen molar-refractivity contribution in [2.45, 2.75) is 6.42 Å². The maximum Gasteiger partial charge on any atom is 0.343 e. The van der Waals surface area contributed by atoms with Gasteiger partial charge in [-0.15, -0.1) is 0 Å². The van der Waals surface area contributed by atoms with E-state index in [2.05, 4.69) is 0 Å². The number of benzene rings is 3. The van der Waals surface area contributed by atoms with Gasteiger partial charge in [-0.2, -0.15) is 0 Å². The average Bonchev–Trinajstić information content (AvgIpc) is 2.83. The van der Waals surface area contributed by atoms with Crippen molar-refractivity contribution in [3.63, 3.8) is 0 Å². The monoisotopic (exact) mass is 442 g/mol. The van der Waals surface area contributed by atoms with Crippen LogP contribution in [0.25, 0.3) is 12.2 Å². The molecule has 0 saturated carbocycles. The molecule has 166 valence electrons. The summed E-state index contributed by atoms with van der Waals surface area (Å²) in [7, 11) is 1.45. The van der Waals surface area contributed by atoms with Gasteiger partial charge in [0, 0.05) is 0 Å². The number of hydrogen-bond donors (Lipinski definition) is 1. The van der Waals surface area contributed by atoms with Gasteiger partial charge in [0.1, 0.15) is 5.75 Å². The third-order valence-corrected chi connectivity index (χ3v) is 4.56. The molecule has 3 aromatic rings. The lowest BCUT2D eigenvalue weighted by molar-refractivity contribution is -0.121. The Labute approximate surface area is 191 Å². The molecule has 33 heavy (non-hydrogen) atoms. The van der Waals surface area contributed by atoms with Crippen LogP contribution in [0.2, 0.25) is 0 Å². The van der Waals surface area contributed by atoms with E-state index in [1.165, 1.54) is 31.4 Å². The minimum absolute atomic E-state index is 0.137. The van der Waals surface area contributed by atoms with E-state index in [0.717, 1.165) is 5.56 Å². The average molecular weight is 442 g/mol. The van der Waals surface area contributed by atoms with Gasteiger partial charge in [-0.05, 0) is 59.7 Å².